The van der Waals surface area contributed by atoms with Crippen LogP contribution in [0.3, 0.4) is 0 Å². The number of amides is 1. The van der Waals surface area contributed by atoms with Crippen LogP contribution in [0.25, 0.3) is 11.4 Å². The summed E-state index contributed by atoms with van der Waals surface area (Å²) in [5.41, 5.74) is 4.43. The average molecular weight is 391 g/mol. The van der Waals surface area contributed by atoms with Crippen molar-refractivity contribution >= 4 is 5.91 Å². The van der Waals surface area contributed by atoms with Gasteiger partial charge in [0, 0.05) is 18.5 Å². The zero-order chi connectivity index (χ0) is 20.4. The molecule has 1 saturated heterocycles. The monoisotopic (exact) mass is 391 g/mol. The van der Waals surface area contributed by atoms with E-state index in [1.807, 2.05) is 36.1 Å². The predicted molar refractivity (Wildman–Crippen MR) is 109 cm³/mol. The van der Waals surface area contributed by atoms with E-state index in [4.69, 9.17) is 9.26 Å². The van der Waals surface area contributed by atoms with Crippen molar-refractivity contribution in [2.24, 2.45) is 0 Å². The Hall–Kier alpha value is -3.15. The maximum absolute atomic E-state index is 12.5. The predicted octanol–water partition coefficient (Wildman–Crippen LogP) is 4.62. The van der Waals surface area contributed by atoms with Crippen molar-refractivity contribution in [3.8, 4) is 17.1 Å². The number of hydrogen-bond donors (Lipinski definition) is 0. The molecule has 6 heteroatoms. The molecule has 4 rings (SSSR count). The van der Waals surface area contributed by atoms with E-state index < -0.39 is 0 Å². The number of benzene rings is 2. The maximum atomic E-state index is 12.5. The molecule has 1 aromatic heterocycles. The fourth-order valence-corrected chi connectivity index (χ4v) is 3.64. The first-order valence-corrected chi connectivity index (χ1v) is 9.97. The molecule has 1 aliphatic rings. The van der Waals surface area contributed by atoms with Crippen molar-refractivity contribution in [1.82, 2.24) is 15.0 Å². The zero-order valence-electron chi connectivity index (χ0n) is 17.0. The number of nitrogens with zero attached hydrogens (tertiary/aromatic N) is 3. The fraction of sp³-hybridized carbons (Fsp3) is 0.348. The molecule has 0 aliphatic carbocycles. The van der Waals surface area contributed by atoms with Gasteiger partial charge in [0.1, 0.15) is 11.8 Å². The number of likely N-dealkylation sites (tertiary alicyclic amines) is 1. The molecule has 2 heterocycles. The van der Waals surface area contributed by atoms with Crippen LogP contribution in [0.2, 0.25) is 0 Å². The molecule has 1 fully saturated rings. The summed E-state index contributed by atoms with van der Waals surface area (Å²) in [5.74, 6) is 1.94. The van der Waals surface area contributed by atoms with Gasteiger partial charge in [-0.15, -0.1) is 0 Å². The number of carbonyl (C=O) groups excluding carboxylic acids is 1. The molecule has 0 saturated carbocycles. The molecule has 1 amide bonds. The number of ether oxygens (including phenoxy) is 1. The topological polar surface area (TPSA) is 68.5 Å². The van der Waals surface area contributed by atoms with E-state index in [2.05, 4.69) is 42.2 Å². The minimum absolute atomic E-state index is 0.119. The van der Waals surface area contributed by atoms with Crippen LogP contribution in [0.5, 0.6) is 5.75 Å². The molecule has 150 valence electrons. The van der Waals surface area contributed by atoms with Gasteiger partial charge in [-0.25, -0.2) is 0 Å². The second-order valence-electron chi connectivity index (χ2n) is 7.41. The van der Waals surface area contributed by atoms with Gasteiger partial charge in [-0.3, -0.25) is 4.79 Å². The molecule has 0 bridgehead atoms. The van der Waals surface area contributed by atoms with Crippen LogP contribution in [0.4, 0.5) is 0 Å². The Morgan fingerprint density at radius 1 is 1.14 bits per heavy atom. The van der Waals surface area contributed by atoms with Crippen LogP contribution < -0.4 is 4.74 Å². The van der Waals surface area contributed by atoms with E-state index in [9.17, 15) is 4.79 Å². The van der Waals surface area contributed by atoms with Crippen LogP contribution in [-0.2, 0) is 11.3 Å². The van der Waals surface area contributed by atoms with Crippen LogP contribution in [0, 0.1) is 13.8 Å². The van der Waals surface area contributed by atoms with Crippen LogP contribution in [-0.4, -0.2) is 27.6 Å². The highest BCUT2D eigenvalue weighted by Crippen LogP contribution is 2.34. The molecule has 3 aromatic rings. The number of carbonyl (C=O) groups is 1. The third-order valence-corrected chi connectivity index (χ3v) is 5.40. The van der Waals surface area contributed by atoms with Crippen molar-refractivity contribution in [2.75, 3.05) is 6.61 Å². The van der Waals surface area contributed by atoms with E-state index in [1.165, 1.54) is 11.1 Å². The molecule has 2 aromatic carbocycles. The fourth-order valence-electron chi connectivity index (χ4n) is 3.64. The third kappa shape index (κ3) is 4.01. The lowest BCUT2D eigenvalue weighted by Gasteiger charge is -2.22. The zero-order valence-corrected chi connectivity index (χ0v) is 17.0. The lowest BCUT2D eigenvalue weighted by atomic mass is 10.1. The minimum Gasteiger partial charge on any atom is -0.494 e. The average Bonchev–Trinajstić information content (AvgIpc) is 3.33. The summed E-state index contributed by atoms with van der Waals surface area (Å²) in [7, 11) is 0. The first-order chi connectivity index (χ1) is 14.0. The van der Waals surface area contributed by atoms with E-state index >= 15 is 0 Å². The summed E-state index contributed by atoms with van der Waals surface area (Å²) in [6, 6.07) is 13.7. The second-order valence-corrected chi connectivity index (χ2v) is 7.41. The SMILES string of the molecule is CCOc1ccc(-c2noc(C3CCC(=O)N3Cc3ccc(C)c(C)c3)n2)cc1. The Bertz CT molecular complexity index is 1010. The Morgan fingerprint density at radius 2 is 1.93 bits per heavy atom. The van der Waals surface area contributed by atoms with Crippen molar-refractivity contribution in [1.29, 1.82) is 0 Å². The van der Waals surface area contributed by atoms with Gasteiger partial charge in [-0.2, -0.15) is 4.98 Å². The van der Waals surface area contributed by atoms with Gasteiger partial charge in [0.05, 0.1) is 6.61 Å². The maximum Gasteiger partial charge on any atom is 0.249 e. The summed E-state index contributed by atoms with van der Waals surface area (Å²) in [6.07, 6.45) is 1.19. The van der Waals surface area contributed by atoms with Gasteiger partial charge in [-0.05, 0) is 68.1 Å². The molecule has 0 radical (unpaired) electrons. The van der Waals surface area contributed by atoms with Gasteiger partial charge in [0.2, 0.25) is 17.6 Å². The molecular formula is C23H25N3O3. The molecule has 29 heavy (non-hydrogen) atoms. The largest absolute Gasteiger partial charge is 0.494 e. The summed E-state index contributed by atoms with van der Waals surface area (Å²) in [4.78, 5) is 18.9. The van der Waals surface area contributed by atoms with E-state index in [0.717, 1.165) is 16.9 Å². The summed E-state index contributed by atoms with van der Waals surface area (Å²) in [6.45, 7) is 7.29. The number of rotatable bonds is 6. The van der Waals surface area contributed by atoms with Gasteiger partial charge in [0.15, 0.2) is 0 Å². The van der Waals surface area contributed by atoms with Gasteiger partial charge < -0.3 is 14.2 Å². The summed E-state index contributed by atoms with van der Waals surface area (Å²) >= 11 is 0. The second kappa shape index (κ2) is 8.07. The van der Waals surface area contributed by atoms with E-state index in [-0.39, 0.29) is 11.9 Å². The lowest BCUT2D eigenvalue weighted by molar-refractivity contribution is -0.129. The number of hydrogen-bond acceptors (Lipinski definition) is 5. The van der Waals surface area contributed by atoms with Crippen molar-refractivity contribution in [3.63, 3.8) is 0 Å². The Morgan fingerprint density at radius 3 is 2.66 bits per heavy atom. The van der Waals surface area contributed by atoms with Gasteiger partial charge in [-0.1, -0.05) is 23.4 Å². The number of aromatic nitrogens is 2. The molecule has 1 unspecified atom stereocenters. The summed E-state index contributed by atoms with van der Waals surface area (Å²) < 4.78 is 11.0. The van der Waals surface area contributed by atoms with Gasteiger partial charge >= 0.3 is 0 Å². The molecule has 1 atom stereocenters. The van der Waals surface area contributed by atoms with Crippen molar-refractivity contribution in [2.45, 2.75) is 46.2 Å². The number of aryl methyl sites for hydroxylation is 2. The van der Waals surface area contributed by atoms with Crippen LogP contribution in [0.1, 0.15) is 48.4 Å². The molecular weight excluding hydrogens is 366 g/mol. The molecule has 0 spiro atoms. The highest BCUT2D eigenvalue weighted by Gasteiger charge is 2.36. The standard InChI is InChI=1S/C23H25N3O3/c1-4-28-19-9-7-18(8-10-19)22-24-23(29-25-22)20-11-12-21(27)26(20)14-17-6-5-15(2)16(3)13-17/h5-10,13,20H,4,11-12,14H2,1-3H3. The Kier molecular flexibility index (Phi) is 5.34. The van der Waals surface area contributed by atoms with Crippen LogP contribution in [0.15, 0.2) is 47.0 Å². The van der Waals surface area contributed by atoms with E-state index in [1.54, 1.807) is 0 Å². The van der Waals surface area contributed by atoms with Crippen molar-refractivity contribution in [3.05, 3.63) is 65.0 Å². The first kappa shape index (κ1) is 19.2. The third-order valence-electron chi connectivity index (χ3n) is 5.40. The Balaban J connectivity index is 1.54. The van der Waals surface area contributed by atoms with Crippen molar-refractivity contribution < 1.29 is 14.1 Å². The molecule has 0 N–H and O–H groups in total. The Labute approximate surface area is 170 Å². The normalized spacial score (nSPS) is 16.4. The summed E-state index contributed by atoms with van der Waals surface area (Å²) in [5, 5.41) is 4.13. The van der Waals surface area contributed by atoms with Crippen LogP contribution >= 0.6 is 0 Å². The minimum atomic E-state index is -0.187. The molecule has 1 aliphatic heterocycles. The quantitative estimate of drug-likeness (QED) is 0.613. The molecule has 6 nitrogen and oxygen atoms in total. The van der Waals surface area contributed by atoms with E-state index in [0.29, 0.717) is 37.7 Å². The lowest BCUT2D eigenvalue weighted by Crippen LogP contribution is -2.27. The van der Waals surface area contributed by atoms with Gasteiger partial charge in [0.25, 0.3) is 0 Å². The highest BCUT2D eigenvalue weighted by atomic mass is 16.5. The smallest absolute Gasteiger partial charge is 0.249 e. The first-order valence-electron chi connectivity index (χ1n) is 9.97. The highest BCUT2D eigenvalue weighted by molar-refractivity contribution is 5.78.